The van der Waals surface area contributed by atoms with Gasteiger partial charge >= 0.3 is 0 Å². The minimum absolute atomic E-state index is 0. The summed E-state index contributed by atoms with van der Waals surface area (Å²) in [6.07, 6.45) is 23.4. The van der Waals surface area contributed by atoms with Crippen LogP contribution in [-0.4, -0.2) is 60.0 Å². The first-order valence-electron chi connectivity index (χ1n) is 13.4. The largest absolute Gasteiger partial charge is 1.00 e. The molecule has 186 valence electrons. The Morgan fingerprint density at radius 1 is 0.742 bits per heavy atom. The van der Waals surface area contributed by atoms with E-state index in [4.69, 9.17) is 4.74 Å². The van der Waals surface area contributed by atoms with Crippen LogP contribution in [0.2, 0.25) is 0 Å². The fraction of sp³-hybridized carbons (Fsp3) is 1.00. The minimum Gasteiger partial charge on any atom is -1.00 e. The number of nitrogens with zero attached hydrogens (tertiary/aromatic N) is 1. The van der Waals surface area contributed by atoms with Gasteiger partial charge in [-0.2, -0.15) is 0 Å². The number of quaternary nitrogens is 1. The molecule has 2 saturated heterocycles. The highest BCUT2D eigenvalue weighted by atomic mass is 79.9. The molecule has 31 heavy (non-hydrogen) atoms. The number of likely N-dealkylation sites (N-methyl/N-ethyl adjacent to an activating group) is 1. The van der Waals surface area contributed by atoms with E-state index in [0.29, 0.717) is 0 Å². The van der Waals surface area contributed by atoms with Gasteiger partial charge in [-0.1, -0.05) is 103 Å². The second-order valence-electron chi connectivity index (χ2n) is 10.1. The second kappa shape index (κ2) is 19.4. The fourth-order valence-electron chi connectivity index (χ4n) is 4.90. The van der Waals surface area contributed by atoms with Crippen molar-refractivity contribution in [3.05, 3.63) is 0 Å². The summed E-state index contributed by atoms with van der Waals surface area (Å²) in [7, 11) is 2.44. The van der Waals surface area contributed by atoms with E-state index in [1.165, 1.54) is 133 Å². The van der Waals surface area contributed by atoms with Crippen molar-refractivity contribution >= 4 is 23.5 Å². The molecule has 0 aromatic carbocycles. The molecule has 0 spiro atoms. The Balaban J connectivity index is 0.00000480. The van der Waals surface area contributed by atoms with Crippen LogP contribution in [0.3, 0.4) is 0 Å². The van der Waals surface area contributed by atoms with Crippen molar-refractivity contribution in [2.45, 2.75) is 119 Å². The predicted octanol–water partition coefficient (Wildman–Crippen LogP) is 4.90. The molecule has 2 fully saturated rings. The first-order chi connectivity index (χ1) is 14.7. The van der Waals surface area contributed by atoms with E-state index in [1.54, 1.807) is 0 Å². The smallest absolute Gasteiger partial charge is 0.102 e. The third-order valence-electron chi connectivity index (χ3n) is 7.05. The van der Waals surface area contributed by atoms with Crippen molar-refractivity contribution in [3.8, 4) is 0 Å². The number of ether oxygens (including phenoxy) is 1. The van der Waals surface area contributed by atoms with Crippen molar-refractivity contribution in [1.82, 2.24) is 0 Å². The Morgan fingerprint density at radius 2 is 1.23 bits per heavy atom. The van der Waals surface area contributed by atoms with Crippen LogP contribution in [0.15, 0.2) is 0 Å². The molecular formula is C26H52BrNOS2. The lowest BCUT2D eigenvalue weighted by Gasteiger charge is -2.39. The van der Waals surface area contributed by atoms with E-state index in [9.17, 15) is 0 Å². The van der Waals surface area contributed by atoms with Crippen molar-refractivity contribution in [2.24, 2.45) is 0 Å². The van der Waals surface area contributed by atoms with Gasteiger partial charge in [-0.05, 0) is 6.42 Å². The summed E-state index contributed by atoms with van der Waals surface area (Å²) in [5, 5.41) is 0.874. The molecule has 0 aromatic rings. The van der Waals surface area contributed by atoms with Crippen LogP contribution in [-0.2, 0) is 4.74 Å². The van der Waals surface area contributed by atoms with Crippen molar-refractivity contribution in [3.63, 3.8) is 0 Å². The summed E-state index contributed by atoms with van der Waals surface area (Å²) in [5.74, 6) is 1.38. The summed E-state index contributed by atoms with van der Waals surface area (Å²) >= 11 is 4.54. The zero-order valence-corrected chi connectivity index (χ0v) is 24.0. The zero-order chi connectivity index (χ0) is 21.3. The molecule has 0 amide bonds. The van der Waals surface area contributed by atoms with E-state index in [1.807, 2.05) is 0 Å². The van der Waals surface area contributed by atoms with Gasteiger partial charge < -0.3 is 26.2 Å². The van der Waals surface area contributed by atoms with Gasteiger partial charge in [-0.3, -0.25) is 0 Å². The third-order valence-corrected chi connectivity index (χ3v) is 10.4. The fourth-order valence-corrected chi connectivity index (χ4v) is 8.51. The van der Waals surface area contributed by atoms with Crippen molar-refractivity contribution in [2.75, 3.05) is 45.6 Å². The molecule has 5 heteroatoms. The molecule has 0 bridgehead atoms. The number of morpholine rings is 1. The summed E-state index contributed by atoms with van der Waals surface area (Å²) in [4.78, 5) is 0. The molecular weight excluding hydrogens is 486 g/mol. The third kappa shape index (κ3) is 14.9. The highest BCUT2D eigenvalue weighted by molar-refractivity contribution is 8.20. The van der Waals surface area contributed by atoms with Gasteiger partial charge in [0.05, 0.1) is 36.6 Å². The predicted molar refractivity (Wildman–Crippen MR) is 139 cm³/mol. The zero-order valence-electron chi connectivity index (χ0n) is 20.8. The Bertz CT molecular complexity index is 407. The first kappa shape index (κ1) is 30.1. The van der Waals surface area contributed by atoms with Crippen LogP contribution in [0, 0.1) is 0 Å². The summed E-state index contributed by atoms with van der Waals surface area (Å²) in [5.41, 5.74) is 0. The Labute approximate surface area is 214 Å². The Morgan fingerprint density at radius 3 is 1.74 bits per heavy atom. The standard InChI is InChI=1S/C26H52NOS2.BrH/c1-3-4-5-6-7-8-9-10-11-12-13-14-15-16-17-18-26-29-24-25(30-26)23-27(2)19-21-28-22-20-27;/h25-26H,3-24H2,1-2H3;1H/q+1;/p-1. The number of halogens is 1. The number of hydrogen-bond donors (Lipinski definition) is 0. The maximum atomic E-state index is 5.56. The summed E-state index contributed by atoms with van der Waals surface area (Å²) in [6, 6.07) is 0. The van der Waals surface area contributed by atoms with E-state index in [-0.39, 0.29) is 17.0 Å². The number of hydrogen-bond acceptors (Lipinski definition) is 3. The highest BCUT2D eigenvalue weighted by Gasteiger charge is 2.34. The molecule has 2 rings (SSSR count). The van der Waals surface area contributed by atoms with Crippen molar-refractivity contribution in [1.29, 1.82) is 0 Å². The van der Waals surface area contributed by atoms with Gasteiger partial charge in [0.1, 0.15) is 13.1 Å². The van der Waals surface area contributed by atoms with Crippen LogP contribution in [0.25, 0.3) is 0 Å². The van der Waals surface area contributed by atoms with E-state index in [0.717, 1.165) is 23.0 Å². The molecule has 0 aromatic heterocycles. The van der Waals surface area contributed by atoms with Crippen molar-refractivity contribution < 1.29 is 26.2 Å². The monoisotopic (exact) mass is 537 g/mol. The SMILES string of the molecule is CCCCCCCCCCCCCCCCCC1SCC(C[N+]2(C)CCOCC2)S1.[Br-]. The van der Waals surface area contributed by atoms with Gasteiger partial charge in [0.15, 0.2) is 0 Å². The molecule has 0 N–H and O–H groups in total. The average Bonchev–Trinajstić information content (AvgIpc) is 3.18. The highest BCUT2D eigenvalue weighted by Crippen LogP contribution is 2.41. The quantitative estimate of drug-likeness (QED) is 0.181. The molecule has 2 aliphatic rings. The maximum Gasteiger partial charge on any atom is 0.102 e. The van der Waals surface area contributed by atoms with Gasteiger partial charge in [-0.15, -0.1) is 23.5 Å². The minimum atomic E-state index is 0. The number of rotatable bonds is 18. The van der Waals surface area contributed by atoms with Crippen LogP contribution < -0.4 is 17.0 Å². The molecule has 2 nitrogen and oxygen atoms in total. The van der Waals surface area contributed by atoms with Crippen LogP contribution >= 0.6 is 23.5 Å². The second-order valence-corrected chi connectivity index (χ2v) is 13.2. The van der Waals surface area contributed by atoms with E-state index >= 15 is 0 Å². The van der Waals surface area contributed by atoms with E-state index < -0.39 is 0 Å². The summed E-state index contributed by atoms with van der Waals surface area (Å²) in [6.45, 7) is 8.01. The summed E-state index contributed by atoms with van der Waals surface area (Å²) < 4.78 is 7.68. The molecule has 0 radical (unpaired) electrons. The maximum absolute atomic E-state index is 5.56. The van der Waals surface area contributed by atoms with E-state index in [2.05, 4.69) is 37.5 Å². The lowest BCUT2D eigenvalue weighted by atomic mass is 10.0. The topological polar surface area (TPSA) is 9.23 Å². The average molecular weight is 539 g/mol. The molecule has 2 aliphatic heterocycles. The first-order valence-corrected chi connectivity index (χ1v) is 15.4. The molecule has 2 heterocycles. The van der Waals surface area contributed by atoms with Crippen LogP contribution in [0.4, 0.5) is 0 Å². The van der Waals surface area contributed by atoms with Gasteiger partial charge in [0.25, 0.3) is 0 Å². The van der Waals surface area contributed by atoms with Crippen LogP contribution in [0.1, 0.15) is 110 Å². The molecule has 2 unspecified atom stereocenters. The number of thioether (sulfide) groups is 2. The van der Waals surface area contributed by atoms with Crippen LogP contribution in [0.5, 0.6) is 0 Å². The lowest BCUT2D eigenvalue weighted by molar-refractivity contribution is -0.916. The molecule has 2 atom stereocenters. The normalized spacial score (nSPS) is 23.0. The van der Waals surface area contributed by atoms with Gasteiger partial charge in [0.2, 0.25) is 0 Å². The Kier molecular flexibility index (Phi) is 18.9. The Hall–Kier alpha value is 1.10. The number of unbranched alkanes of at least 4 members (excludes halogenated alkanes) is 14. The van der Waals surface area contributed by atoms with Gasteiger partial charge in [-0.25, -0.2) is 0 Å². The lowest BCUT2D eigenvalue weighted by Crippen LogP contribution is -3.00. The molecule has 0 aliphatic carbocycles. The van der Waals surface area contributed by atoms with Gasteiger partial charge in [0, 0.05) is 5.75 Å². The molecule has 0 saturated carbocycles.